The Hall–Kier alpha value is -1.32. The van der Waals surface area contributed by atoms with Crippen molar-refractivity contribution in [2.45, 2.75) is 123 Å². The van der Waals surface area contributed by atoms with Gasteiger partial charge in [-0.15, -0.1) is 0 Å². The lowest BCUT2D eigenvalue weighted by Crippen LogP contribution is -2.18. The van der Waals surface area contributed by atoms with Gasteiger partial charge in [0.15, 0.2) is 0 Å². The highest BCUT2D eigenvalue weighted by Crippen LogP contribution is 2.12. The highest BCUT2D eigenvalue weighted by molar-refractivity contribution is 5.72. The Balaban J connectivity index is 3.59. The summed E-state index contributed by atoms with van der Waals surface area (Å²) in [6.07, 6.45) is 19.1. The minimum absolute atomic E-state index is 0.0240. The Morgan fingerprint density at radius 1 is 0.714 bits per heavy atom. The molecule has 4 nitrogen and oxygen atoms in total. The number of esters is 2. The zero-order valence-electron chi connectivity index (χ0n) is 18.7. The van der Waals surface area contributed by atoms with Crippen LogP contribution in [0, 0.1) is 0 Å². The van der Waals surface area contributed by atoms with Gasteiger partial charge >= 0.3 is 11.9 Å². The Morgan fingerprint density at radius 3 is 1.96 bits per heavy atom. The van der Waals surface area contributed by atoms with Gasteiger partial charge in [-0.3, -0.25) is 9.59 Å². The van der Waals surface area contributed by atoms with Crippen molar-refractivity contribution in [2.75, 3.05) is 6.61 Å². The van der Waals surface area contributed by atoms with Gasteiger partial charge in [-0.2, -0.15) is 0 Å². The quantitative estimate of drug-likeness (QED) is 0.135. The molecule has 0 N–H and O–H groups in total. The van der Waals surface area contributed by atoms with Gasteiger partial charge in [0.05, 0.1) is 0 Å². The van der Waals surface area contributed by atoms with Crippen LogP contribution in [0.5, 0.6) is 0 Å². The van der Waals surface area contributed by atoms with Crippen molar-refractivity contribution in [2.24, 2.45) is 0 Å². The Labute approximate surface area is 173 Å². The van der Waals surface area contributed by atoms with Gasteiger partial charge in [-0.05, 0) is 32.1 Å². The fraction of sp³-hybridized carbons (Fsp3) is 0.833. The zero-order chi connectivity index (χ0) is 20.9. The molecule has 164 valence electrons. The molecule has 0 rings (SSSR count). The van der Waals surface area contributed by atoms with E-state index < -0.39 is 0 Å². The van der Waals surface area contributed by atoms with Crippen molar-refractivity contribution in [1.82, 2.24) is 0 Å². The van der Waals surface area contributed by atoms with Crippen LogP contribution in [0.3, 0.4) is 0 Å². The predicted molar refractivity (Wildman–Crippen MR) is 116 cm³/mol. The molecule has 0 aliphatic rings. The average Bonchev–Trinajstić information content (AvgIpc) is 2.66. The first-order chi connectivity index (χ1) is 13.6. The summed E-state index contributed by atoms with van der Waals surface area (Å²) < 4.78 is 10.7. The maximum absolute atomic E-state index is 11.9. The number of allylic oxidation sites excluding steroid dienone is 1. The van der Waals surface area contributed by atoms with Gasteiger partial charge in [0, 0.05) is 12.8 Å². The molecule has 0 bridgehead atoms. The standard InChI is InChI=1S/C24H44O4/c1-4-7-8-9-10-11-12-13-14-15-21-27-23(25)19-16-20-24(26)28-22(17-5-2)18-6-3/h14-15,22H,4-13,16-21H2,1-3H3/b15-14+. The van der Waals surface area contributed by atoms with Crippen molar-refractivity contribution in [1.29, 1.82) is 0 Å². The SMILES string of the molecule is CCCCCCCCC/C=C/COC(=O)CCCC(=O)OC(CCC)CCC. The third kappa shape index (κ3) is 18.1. The van der Waals surface area contributed by atoms with Crippen molar-refractivity contribution in [3.05, 3.63) is 12.2 Å². The van der Waals surface area contributed by atoms with Crippen molar-refractivity contribution in [3.63, 3.8) is 0 Å². The van der Waals surface area contributed by atoms with E-state index in [-0.39, 0.29) is 30.9 Å². The number of hydrogen-bond acceptors (Lipinski definition) is 4. The van der Waals surface area contributed by atoms with Crippen molar-refractivity contribution in [3.8, 4) is 0 Å². The average molecular weight is 397 g/mol. The Morgan fingerprint density at radius 2 is 1.32 bits per heavy atom. The molecule has 0 radical (unpaired) electrons. The molecule has 0 fully saturated rings. The molecule has 4 heteroatoms. The minimum atomic E-state index is -0.243. The van der Waals surface area contributed by atoms with Gasteiger partial charge < -0.3 is 9.47 Å². The van der Waals surface area contributed by atoms with E-state index in [0.717, 1.165) is 32.1 Å². The summed E-state index contributed by atoms with van der Waals surface area (Å²) in [6, 6.07) is 0. The lowest BCUT2D eigenvalue weighted by atomic mass is 10.1. The molecule has 0 aromatic rings. The molecule has 0 amide bonds. The van der Waals surface area contributed by atoms with E-state index in [2.05, 4.69) is 26.8 Å². The highest BCUT2D eigenvalue weighted by Gasteiger charge is 2.13. The molecule has 0 aliphatic carbocycles. The second-order valence-corrected chi connectivity index (χ2v) is 7.61. The Bertz CT molecular complexity index is 397. The van der Waals surface area contributed by atoms with E-state index in [0.29, 0.717) is 13.0 Å². The maximum Gasteiger partial charge on any atom is 0.306 e. The zero-order valence-corrected chi connectivity index (χ0v) is 18.7. The smallest absolute Gasteiger partial charge is 0.306 e. The molecule has 0 aromatic carbocycles. The summed E-state index contributed by atoms with van der Waals surface area (Å²) in [6.45, 7) is 6.75. The van der Waals surface area contributed by atoms with E-state index in [4.69, 9.17) is 9.47 Å². The summed E-state index contributed by atoms with van der Waals surface area (Å²) >= 11 is 0. The molecule has 0 aliphatic heterocycles. The van der Waals surface area contributed by atoms with Crippen LogP contribution in [0.25, 0.3) is 0 Å². The third-order valence-corrected chi connectivity index (χ3v) is 4.76. The Kier molecular flexibility index (Phi) is 19.5. The summed E-state index contributed by atoms with van der Waals surface area (Å²) in [4.78, 5) is 23.6. The van der Waals surface area contributed by atoms with E-state index in [9.17, 15) is 9.59 Å². The normalized spacial score (nSPS) is 11.3. The van der Waals surface area contributed by atoms with Crippen LogP contribution in [-0.2, 0) is 19.1 Å². The van der Waals surface area contributed by atoms with E-state index in [1.165, 1.54) is 44.9 Å². The number of carbonyl (C=O) groups excluding carboxylic acids is 2. The topological polar surface area (TPSA) is 52.6 Å². The highest BCUT2D eigenvalue weighted by atomic mass is 16.5. The summed E-state index contributed by atoms with van der Waals surface area (Å²) in [5, 5.41) is 0. The second kappa shape index (κ2) is 20.4. The summed E-state index contributed by atoms with van der Waals surface area (Å²) in [5.41, 5.74) is 0. The van der Waals surface area contributed by atoms with E-state index in [1.807, 2.05) is 6.08 Å². The first-order valence-corrected chi connectivity index (χ1v) is 11.6. The number of ether oxygens (including phenoxy) is 2. The lowest BCUT2D eigenvalue weighted by Gasteiger charge is -2.16. The van der Waals surface area contributed by atoms with Crippen LogP contribution in [0.1, 0.15) is 117 Å². The van der Waals surface area contributed by atoms with Crippen LogP contribution in [0.4, 0.5) is 0 Å². The number of rotatable bonds is 19. The van der Waals surface area contributed by atoms with Crippen LogP contribution in [0.2, 0.25) is 0 Å². The predicted octanol–water partition coefficient (Wildman–Crippen LogP) is 6.91. The van der Waals surface area contributed by atoms with Crippen LogP contribution in [-0.4, -0.2) is 24.6 Å². The van der Waals surface area contributed by atoms with Gasteiger partial charge in [0.2, 0.25) is 0 Å². The summed E-state index contributed by atoms with van der Waals surface area (Å²) in [5.74, 6) is -0.443. The molecule has 28 heavy (non-hydrogen) atoms. The molecule has 0 aromatic heterocycles. The maximum atomic E-state index is 11.9. The number of unbranched alkanes of at least 4 members (excludes halogenated alkanes) is 7. The van der Waals surface area contributed by atoms with Gasteiger partial charge in [0.25, 0.3) is 0 Å². The summed E-state index contributed by atoms with van der Waals surface area (Å²) in [7, 11) is 0. The monoisotopic (exact) mass is 396 g/mol. The van der Waals surface area contributed by atoms with Crippen LogP contribution in [0.15, 0.2) is 12.2 Å². The fourth-order valence-corrected chi connectivity index (χ4v) is 3.15. The fourth-order valence-electron chi connectivity index (χ4n) is 3.15. The van der Waals surface area contributed by atoms with Gasteiger partial charge in [-0.25, -0.2) is 0 Å². The number of hydrogen-bond donors (Lipinski definition) is 0. The number of carbonyl (C=O) groups is 2. The molecule has 0 heterocycles. The van der Waals surface area contributed by atoms with Crippen molar-refractivity contribution < 1.29 is 19.1 Å². The van der Waals surface area contributed by atoms with Crippen molar-refractivity contribution >= 4 is 11.9 Å². The largest absolute Gasteiger partial charge is 0.462 e. The van der Waals surface area contributed by atoms with E-state index in [1.54, 1.807) is 0 Å². The molecule has 0 saturated carbocycles. The lowest BCUT2D eigenvalue weighted by molar-refractivity contribution is -0.150. The third-order valence-electron chi connectivity index (χ3n) is 4.76. The second-order valence-electron chi connectivity index (χ2n) is 7.61. The molecular weight excluding hydrogens is 352 g/mol. The first-order valence-electron chi connectivity index (χ1n) is 11.6. The molecular formula is C24H44O4. The minimum Gasteiger partial charge on any atom is -0.462 e. The van der Waals surface area contributed by atoms with E-state index >= 15 is 0 Å². The molecule has 0 saturated heterocycles. The van der Waals surface area contributed by atoms with Gasteiger partial charge in [-0.1, -0.05) is 84.3 Å². The van der Waals surface area contributed by atoms with Gasteiger partial charge in [0.1, 0.15) is 12.7 Å². The molecule has 0 atom stereocenters. The van der Waals surface area contributed by atoms with Crippen LogP contribution < -0.4 is 0 Å². The molecule has 0 unspecified atom stereocenters. The van der Waals surface area contributed by atoms with Crippen LogP contribution >= 0.6 is 0 Å². The first kappa shape index (κ1) is 26.7. The molecule has 0 spiro atoms.